The summed E-state index contributed by atoms with van der Waals surface area (Å²) in [6.07, 6.45) is 1.88. The summed E-state index contributed by atoms with van der Waals surface area (Å²) >= 11 is 1.80. The van der Waals surface area contributed by atoms with Crippen LogP contribution in [0.25, 0.3) is 0 Å². The Labute approximate surface area is 112 Å². The van der Waals surface area contributed by atoms with E-state index in [4.69, 9.17) is 4.74 Å². The minimum Gasteiger partial charge on any atom is -0.473 e. The van der Waals surface area contributed by atoms with Gasteiger partial charge in [0.15, 0.2) is 0 Å². The van der Waals surface area contributed by atoms with E-state index in [2.05, 4.69) is 29.4 Å². The molecule has 0 aliphatic carbocycles. The quantitative estimate of drug-likeness (QED) is 0.888. The number of thiophene rings is 1. The van der Waals surface area contributed by atoms with Gasteiger partial charge in [0, 0.05) is 22.5 Å². The van der Waals surface area contributed by atoms with E-state index in [0.29, 0.717) is 5.88 Å². The SMILES string of the molecule is Cc1ccc(CNc2cccnc2OC(C)C)s1. The normalized spacial score (nSPS) is 10.7. The molecule has 2 heterocycles. The number of ether oxygens (including phenoxy) is 1. The first-order valence-corrected chi connectivity index (χ1v) is 6.87. The van der Waals surface area contributed by atoms with Crippen molar-refractivity contribution in [2.24, 2.45) is 0 Å². The maximum absolute atomic E-state index is 5.67. The fourth-order valence-electron chi connectivity index (χ4n) is 1.61. The molecule has 0 amide bonds. The largest absolute Gasteiger partial charge is 0.473 e. The van der Waals surface area contributed by atoms with E-state index in [9.17, 15) is 0 Å². The van der Waals surface area contributed by atoms with Gasteiger partial charge in [-0.3, -0.25) is 0 Å². The Morgan fingerprint density at radius 3 is 2.83 bits per heavy atom. The van der Waals surface area contributed by atoms with E-state index in [1.165, 1.54) is 9.75 Å². The number of rotatable bonds is 5. The number of aryl methyl sites for hydroxylation is 1. The van der Waals surface area contributed by atoms with Gasteiger partial charge in [-0.2, -0.15) is 0 Å². The van der Waals surface area contributed by atoms with Gasteiger partial charge >= 0.3 is 0 Å². The molecule has 0 spiro atoms. The molecule has 96 valence electrons. The van der Waals surface area contributed by atoms with Gasteiger partial charge in [-0.05, 0) is 45.0 Å². The molecule has 0 aliphatic heterocycles. The highest BCUT2D eigenvalue weighted by Gasteiger charge is 2.06. The summed E-state index contributed by atoms with van der Waals surface area (Å²) in [6, 6.07) is 8.18. The summed E-state index contributed by atoms with van der Waals surface area (Å²) in [5.74, 6) is 0.667. The molecular formula is C14H18N2OS. The second-order valence-corrected chi connectivity index (χ2v) is 5.76. The third kappa shape index (κ3) is 3.47. The van der Waals surface area contributed by atoms with Crippen LogP contribution >= 0.6 is 11.3 Å². The zero-order chi connectivity index (χ0) is 13.0. The van der Waals surface area contributed by atoms with Crippen LogP contribution in [0.15, 0.2) is 30.5 Å². The van der Waals surface area contributed by atoms with Gasteiger partial charge in [0.2, 0.25) is 5.88 Å². The Hall–Kier alpha value is -1.55. The molecule has 2 rings (SSSR count). The predicted molar refractivity (Wildman–Crippen MR) is 76.4 cm³/mol. The summed E-state index contributed by atoms with van der Waals surface area (Å²) in [7, 11) is 0. The summed E-state index contributed by atoms with van der Waals surface area (Å²) in [5.41, 5.74) is 0.942. The lowest BCUT2D eigenvalue weighted by molar-refractivity contribution is 0.234. The average molecular weight is 262 g/mol. The van der Waals surface area contributed by atoms with Gasteiger partial charge < -0.3 is 10.1 Å². The first-order chi connectivity index (χ1) is 8.65. The van der Waals surface area contributed by atoms with Crippen LogP contribution in [0, 0.1) is 6.92 Å². The van der Waals surface area contributed by atoms with Gasteiger partial charge in [0.1, 0.15) is 0 Å². The number of hydrogen-bond acceptors (Lipinski definition) is 4. The van der Waals surface area contributed by atoms with Gasteiger partial charge in [-0.25, -0.2) is 4.98 Å². The Bertz CT molecular complexity index is 508. The van der Waals surface area contributed by atoms with Crippen LogP contribution in [0.2, 0.25) is 0 Å². The molecule has 4 heteroatoms. The summed E-state index contributed by atoms with van der Waals surface area (Å²) in [6.45, 7) is 6.92. The molecule has 0 fully saturated rings. The number of nitrogens with one attached hydrogen (secondary N) is 1. The highest BCUT2D eigenvalue weighted by molar-refractivity contribution is 7.11. The monoisotopic (exact) mass is 262 g/mol. The highest BCUT2D eigenvalue weighted by Crippen LogP contribution is 2.23. The first kappa shape index (κ1) is 12.9. The van der Waals surface area contributed by atoms with Crippen molar-refractivity contribution in [1.29, 1.82) is 0 Å². The average Bonchev–Trinajstić information content (AvgIpc) is 2.73. The minimum absolute atomic E-state index is 0.129. The maximum Gasteiger partial charge on any atom is 0.237 e. The Morgan fingerprint density at radius 2 is 2.17 bits per heavy atom. The minimum atomic E-state index is 0.129. The van der Waals surface area contributed by atoms with Crippen molar-refractivity contribution >= 4 is 17.0 Å². The van der Waals surface area contributed by atoms with Crippen LogP contribution in [0.1, 0.15) is 23.6 Å². The van der Waals surface area contributed by atoms with E-state index in [0.717, 1.165) is 12.2 Å². The van der Waals surface area contributed by atoms with Crippen molar-refractivity contribution < 1.29 is 4.74 Å². The summed E-state index contributed by atoms with van der Waals surface area (Å²) in [5, 5.41) is 3.37. The molecule has 0 saturated carbocycles. The maximum atomic E-state index is 5.67. The molecule has 2 aromatic rings. The number of hydrogen-bond donors (Lipinski definition) is 1. The molecule has 18 heavy (non-hydrogen) atoms. The number of aromatic nitrogens is 1. The fraction of sp³-hybridized carbons (Fsp3) is 0.357. The molecular weight excluding hydrogens is 244 g/mol. The van der Waals surface area contributed by atoms with E-state index in [1.54, 1.807) is 17.5 Å². The van der Waals surface area contributed by atoms with Crippen molar-refractivity contribution in [3.05, 3.63) is 40.2 Å². The van der Waals surface area contributed by atoms with Crippen LogP contribution in [0.4, 0.5) is 5.69 Å². The van der Waals surface area contributed by atoms with Crippen LogP contribution in [0.3, 0.4) is 0 Å². The van der Waals surface area contributed by atoms with Crippen LogP contribution in [-0.4, -0.2) is 11.1 Å². The Balaban J connectivity index is 2.04. The smallest absolute Gasteiger partial charge is 0.237 e. The molecule has 0 saturated heterocycles. The third-order valence-electron chi connectivity index (χ3n) is 2.37. The summed E-state index contributed by atoms with van der Waals surface area (Å²) < 4.78 is 5.67. The predicted octanol–water partition coefficient (Wildman–Crippen LogP) is 3.85. The topological polar surface area (TPSA) is 34.2 Å². The van der Waals surface area contributed by atoms with E-state index in [-0.39, 0.29) is 6.10 Å². The van der Waals surface area contributed by atoms with Crippen molar-refractivity contribution in [1.82, 2.24) is 4.98 Å². The van der Waals surface area contributed by atoms with Gasteiger partial charge in [0.25, 0.3) is 0 Å². The second-order valence-electron chi connectivity index (χ2n) is 4.39. The molecule has 0 radical (unpaired) electrons. The molecule has 1 N–H and O–H groups in total. The Kier molecular flexibility index (Phi) is 4.20. The summed E-state index contributed by atoms with van der Waals surface area (Å²) in [4.78, 5) is 6.90. The van der Waals surface area contributed by atoms with E-state index < -0.39 is 0 Å². The van der Waals surface area contributed by atoms with Crippen molar-refractivity contribution in [2.75, 3.05) is 5.32 Å². The number of pyridine rings is 1. The molecule has 0 bridgehead atoms. The zero-order valence-electron chi connectivity index (χ0n) is 10.9. The lowest BCUT2D eigenvalue weighted by Gasteiger charge is -2.13. The fourth-order valence-corrected chi connectivity index (χ4v) is 2.44. The molecule has 0 aromatic carbocycles. The lowest BCUT2D eigenvalue weighted by Crippen LogP contribution is -2.09. The van der Waals surface area contributed by atoms with Crippen molar-refractivity contribution in [2.45, 2.75) is 33.4 Å². The van der Waals surface area contributed by atoms with Crippen molar-refractivity contribution in [3.63, 3.8) is 0 Å². The third-order valence-corrected chi connectivity index (χ3v) is 3.37. The van der Waals surface area contributed by atoms with Crippen molar-refractivity contribution in [3.8, 4) is 5.88 Å². The first-order valence-electron chi connectivity index (χ1n) is 6.06. The zero-order valence-corrected chi connectivity index (χ0v) is 11.8. The van der Waals surface area contributed by atoms with Crippen LogP contribution < -0.4 is 10.1 Å². The van der Waals surface area contributed by atoms with E-state index >= 15 is 0 Å². The van der Waals surface area contributed by atoms with Gasteiger partial charge in [-0.15, -0.1) is 11.3 Å². The molecule has 3 nitrogen and oxygen atoms in total. The van der Waals surface area contributed by atoms with Gasteiger partial charge in [0.05, 0.1) is 11.8 Å². The lowest BCUT2D eigenvalue weighted by atomic mass is 10.3. The molecule has 0 atom stereocenters. The number of anilines is 1. The van der Waals surface area contributed by atoms with Crippen LogP contribution in [0.5, 0.6) is 5.88 Å². The van der Waals surface area contributed by atoms with Gasteiger partial charge in [-0.1, -0.05) is 0 Å². The highest BCUT2D eigenvalue weighted by atomic mass is 32.1. The van der Waals surface area contributed by atoms with E-state index in [1.807, 2.05) is 26.0 Å². The molecule has 2 aromatic heterocycles. The second kappa shape index (κ2) is 5.87. The standard InChI is InChI=1S/C14H18N2OS/c1-10(2)17-14-13(5-4-8-15-14)16-9-12-7-6-11(3)18-12/h4-8,10,16H,9H2,1-3H3. The number of nitrogens with zero attached hydrogens (tertiary/aromatic N) is 1. The molecule has 0 aliphatic rings. The Morgan fingerprint density at radius 1 is 1.33 bits per heavy atom. The molecule has 0 unspecified atom stereocenters. The van der Waals surface area contributed by atoms with Crippen LogP contribution in [-0.2, 0) is 6.54 Å².